The molecule has 0 aliphatic carbocycles. The molecule has 1 heterocycles. The summed E-state index contributed by atoms with van der Waals surface area (Å²) in [5.74, 6) is 2.20. The Kier molecular flexibility index (Phi) is 5.30. The second kappa shape index (κ2) is 7.81. The van der Waals surface area contributed by atoms with Crippen molar-refractivity contribution < 1.29 is 9.84 Å². The highest BCUT2D eigenvalue weighted by molar-refractivity contribution is 5.92. The molecular weight excluding hydrogens is 316 g/mol. The highest BCUT2D eigenvalue weighted by Gasteiger charge is 2.13. The summed E-state index contributed by atoms with van der Waals surface area (Å²) in [6.45, 7) is 0.764. The number of hydrogen-bond acceptors (Lipinski definition) is 6. The van der Waals surface area contributed by atoms with Crippen LogP contribution in [0.4, 0.5) is 17.5 Å². The van der Waals surface area contributed by atoms with E-state index in [-0.39, 0.29) is 6.61 Å². The Morgan fingerprint density at radius 1 is 1.08 bits per heavy atom. The van der Waals surface area contributed by atoms with Gasteiger partial charge >= 0.3 is 0 Å². The van der Waals surface area contributed by atoms with Crippen molar-refractivity contribution in [1.82, 2.24) is 9.97 Å². The van der Waals surface area contributed by atoms with Crippen molar-refractivity contribution >= 4 is 28.4 Å². The molecule has 0 amide bonds. The lowest BCUT2D eigenvalue weighted by Crippen LogP contribution is -2.14. The van der Waals surface area contributed by atoms with E-state index < -0.39 is 0 Å². The van der Waals surface area contributed by atoms with Gasteiger partial charge in [0.2, 0.25) is 5.95 Å². The van der Waals surface area contributed by atoms with Gasteiger partial charge in [-0.2, -0.15) is 4.98 Å². The van der Waals surface area contributed by atoms with Crippen molar-refractivity contribution in [3.63, 3.8) is 0 Å². The summed E-state index contributed by atoms with van der Waals surface area (Å²) in [6, 6.07) is 15.8. The molecule has 130 valence electrons. The number of benzene rings is 2. The minimum absolute atomic E-state index is 0.138. The van der Waals surface area contributed by atoms with Gasteiger partial charge in [0, 0.05) is 31.3 Å². The predicted octanol–water partition coefficient (Wildman–Crippen LogP) is 3.20. The number of nitrogens with one attached hydrogen (secondary N) is 1. The first kappa shape index (κ1) is 17.0. The van der Waals surface area contributed by atoms with Gasteiger partial charge in [0.25, 0.3) is 0 Å². The Morgan fingerprint density at radius 2 is 1.84 bits per heavy atom. The lowest BCUT2D eigenvalue weighted by molar-refractivity contribution is 0.292. The number of anilines is 3. The van der Waals surface area contributed by atoms with Gasteiger partial charge in [0.05, 0.1) is 12.6 Å². The molecule has 0 saturated heterocycles. The molecule has 6 heteroatoms. The number of nitrogens with zero attached hydrogens (tertiary/aromatic N) is 3. The Labute approximate surface area is 147 Å². The summed E-state index contributed by atoms with van der Waals surface area (Å²) in [5, 5.41) is 13.1. The van der Waals surface area contributed by atoms with E-state index in [2.05, 4.69) is 15.3 Å². The predicted molar refractivity (Wildman–Crippen MR) is 101 cm³/mol. The Balaban J connectivity index is 1.99. The smallest absolute Gasteiger partial charge is 0.225 e. The second-order valence-corrected chi connectivity index (χ2v) is 5.65. The third-order valence-corrected chi connectivity index (χ3v) is 3.98. The molecule has 2 N–H and O–H groups in total. The summed E-state index contributed by atoms with van der Waals surface area (Å²) >= 11 is 0. The van der Waals surface area contributed by atoms with Gasteiger partial charge in [-0.1, -0.05) is 12.1 Å². The largest absolute Gasteiger partial charge is 0.497 e. The second-order valence-electron chi connectivity index (χ2n) is 5.65. The number of methoxy groups -OCH3 is 1. The van der Waals surface area contributed by atoms with Crippen LogP contribution in [0, 0.1) is 0 Å². The molecule has 0 unspecified atom stereocenters. The number of para-hydroxylation sites is 1. The fraction of sp³-hybridized carbons (Fsp3) is 0.263. The first-order chi connectivity index (χ1) is 12.2. The van der Waals surface area contributed by atoms with E-state index >= 15 is 0 Å². The van der Waals surface area contributed by atoms with Crippen molar-refractivity contribution in [1.29, 1.82) is 0 Å². The van der Waals surface area contributed by atoms with E-state index in [4.69, 9.17) is 9.84 Å². The van der Waals surface area contributed by atoms with Crippen LogP contribution in [-0.4, -0.2) is 42.4 Å². The molecule has 6 nitrogen and oxygen atoms in total. The van der Waals surface area contributed by atoms with Crippen LogP contribution in [0.5, 0.6) is 5.75 Å². The van der Waals surface area contributed by atoms with Gasteiger partial charge in [0.15, 0.2) is 0 Å². The first-order valence-corrected chi connectivity index (χ1v) is 8.22. The van der Waals surface area contributed by atoms with Gasteiger partial charge in [-0.3, -0.25) is 0 Å². The molecule has 0 radical (unpaired) electrons. The normalized spacial score (nSPS) is 10.7. The maximum Gasteiger partial charge on any atom is 0.225 e. The summed E-state index contributed by atoms with van der Waals surface area (Å²) in [4.78, 5) is 11.3. The van der Waals surface area contributed by atoms with E-state index in [9.17, 15) is 0 Å². The number of aliphatic hydroxyl groups is 1. The van der Waals surface area contributed by atoms with Gasteiger partial charge in [0.1, 0.15) is 11.6 Å². The van der Waals surface area contributed by atoms with Gasteiger partial charge < -0.3 is 20.1 Å². The molecule has 0 spiro atoms. The third-order valence-electron chi connectivity index (χ3n) is 3.98. The van der Waals surface area contributed by atoms with Crippen LogP contribution in [0.3, 0.4) is 0 Å². The topological polar surface area (TPSA) is 70.5 Å². The molecule has 0 saturated carbocycles. The van der Waals surface area contributed by atoms with E-state index in [0.717, 1.165) is 28.2 Å². The molecule has 0 aliphatic rings. The lowest BCUT2D eigenvalue weighted by Gasteiger charge is -2.21. The fourth-order valence-corrected chi connectivity index (χ4v) is 2.60. The zero-order valence-electron chi connectivity index (χ0n) is 14.4. The molecule has 25 heavy (non-hydrogen) atoms. The zero-order valence-corrected chi connectivity index (χ0v) is 14.4. The van der Waals surface area contributed by atoms with E-state index in [0.29, 0.717) is 18.9 Å². The van der Waals surface area contributed by atoms with Crippen LogP contribution in [0.15, 0.2) is 48.5 Å². The van der Waals surface area contributed by atoms with Crippen LogP contribution in [0.2, 0.25) is 0 Å². The number of ether oxygens (including phenoxy) is 1. The first-order valence-electron chi connectivity index (χ1n) is 8.22. The maximum absolute atomic E-state index is 8.95. The standard InChI is InChI=1S/C19H22N4O2/c1-23(14-8-10-15(25-2)11-9-14)18-16-6-3-4-7-17(16)21-19(22-18)20-12-5-13-24/h3-4,6-11,24H,5,12-13H2,1-2H3,(H,20,21,22). The quantitative estimate of drug-likeness (QED) is 0.645. The fourth-order valence-electron chi connectivity index (χ4n) is 2.60. The summed E-state index contributed by atoms with van der Waals surface area (Å²) < 4.78 is 5.22. The van der Waals surface area contributed by atoms with Gasteiger partial charge in [-0.25, -0.2) is 4.98 Å². The molecule has 2 aromatic carbocycles. The Hall–Kier alpha value is -2.86. The summed E-state index contributed by atoms with van der Waals surface area (Å²) in [5.41, 5.74) is 1.88. The van der Waals surface area contributed by atoms with E-state index in [1.54, 1.807) is 7.11 Å². The van der Waals surface area contributed by atoms with Crippen molar-refractivity contribution in [2.45, 2.75) is 6.42 Å². The Bertz CT molecular complexity index is 836. The number of aliphatic hydroxyl groups excluding tert-OH is 1. The molecule has 1 aromatic heterocycles. The monoisotopic (exact) mass is 338 g/mol. The highest BCUT2D eigenvalue weighted by atomic mass is 16.5. The minimum Gasteiger partial charge on any atom is -0.497 e. The van der Waals surface area contributed by atoms with Crippen LogP contribution >= 0.6 is 0 Å². The highest BCUT2D eigenvalue weighted by Crippen LogP contribution is 2.30. The molecule has 0 bridgehead atoms. The average Bonchev–Trinajstić information content (AvgIpc) is 2.67. The van der Waals surface area contributed by atoms with Gasteiger partial charge in [-0.15, -0.1) is 0 Å². The lowest BCUT2D eigenvalue weighted by atomic mass is 10.2. The number of hydrogen-bond donors (Lipinski definition) is 2. The molecule has 3 rings (SSSR count). The third kappa shape index (κ3) is 3.80. The zero-order chi connectivity index (χ0) is 17.6. The average molecular weight is 338 g/mol. The molecule has 0 fully saturated rings. The van der Waals surface area contributed by atoms with Crippen molar-refractivity contribution in [2.24, 2.45) is 0 Å². The number of rotatable bonds is 7. The summed E-state index contributed by atoms with van der Waals surface area (Å²) in [6.07, 6.45) is 0.653. The maximum atomic E-state index is 8.95. The van der Waals surface area contributed by atoms with Crippen LogP contribution in [0.25, 0.3) is 10.9 Å². The van der Waals surface area contributed by atoms with Crippen molar-refractivity contribution in [2.75, 3.05) is 37.5 Å². The number of fused-ring (bicyclic) bond motifs is 1. The Morgan fingerprint density at radius 3 is 2.56 bits per heavy atom. The molecule has 3 aromatic rings. The molecule has 0 atom stereocenters. The van der Waals surface area contributed by atoms with Crippen molar-refractivity contribution in [3.05, 3.63) is 48.5 Å². The van der Waals surface area contributed by atoms with E-state index in [1.165, 1.54) is 0 Å². The van der Waals surface area contributed by atoms with Crippen LogP contribution in [-0.2, 0) is 0 Å². The van der Waals surface area contributed by atoms with Crippen molar-refractivity contribution in [3.8, 4) is 5.75 Å². The molecule has 0 aliphatic heterocycles. The SMILES string of the molecule is COc1ccc(N(C)c2nc(NCCCO)nc3ccccc23)cc1. The van der Waals surface area contributed by atoms with E-state index in [1.807, 2.05) is 60.5 Å². The number of aromatic nitrogens is 2. The van der Waals surface area contributed by atoms with Crippen LogP contribution < -0.4 is 15.0 Å². The van der Waals surface area contributed by atoms with Gasteiger partial charge in [-0.05, 0) is 42.8 Å². The summed E-state index contributed by atoms with van der Waals surface area (Å²) in [7, 11) is 3.63. The molecular formula is C19H22N4O2. The minimum atomic E-state index is 0.138. The van der Waals surface area contributed by atoms with Crippen LogP contribution in [0.1, 0.15) is 6.42 Å².